The van der Waals surface area contributed by atoms with Crippen LogP contribution in [0.25, 0.3) is 0 Å². The molecule has 0 saturated heterocycles. The second-order valence-corrected chi connectivity index (χ2v) is 8.01. The Morgan fingerprint density at radius 1 is 1.07 bits per heavy atom. The lowest BCUT2D eigenvalue weighted by molar-refractivity contribution is -0.144. The first-order valence-electron chi connectivity index (χ1n) is 8.89. The lowest BCUT2D eigenvalue weighted by Gasteiger charge is -2.26. The standard InChI is InChI=1S/C20H24N2O5S/c1-4-27-19(23)14-22(15(2)3)20(24)16-9-8-10-17(13-16)21-28(25,26)18-11-6-5-7-12-18/h5-13,15,21H,4,14H2,1-3H3. The highest BCUT2D eigenvalue weighted by Crippen LogP contribution is 2.18. The first-order valence-corrected chi connectivity index (χ1v) is 10.4. The Labute approximate surface area is 165 Å². The molecule has 8 heteroatoms. The van der Waals surface area contributed by atoms with Crippen molar-refractivity contribution in [3.05, 3.63) is 60.2 Å². The van der Waals surface area contributed by atoms with Gasteiger partial charge >= 0.3 is 5.97 Å². The van der Waals surface area contributed by atoms with E-state index in [0.717, 1.165) is 0 Å². The molecule has 0 aromatic heterocycles. The average Bonchev–Trinajstić information content (AvgIpc) is 2.66. The summed E-state index contributed by atoms with van der Waals surface area (Å²) < 4.78 is 32.3. The smallest absolute Gasteiger partial charge is 0.325 e. The molecule has 0 radical (unpaired) electrons. The topological polar surface area (TPSA) is 92.8 Å². The number of hydrogen-bond acceptors (Lipinski definition) is 5. The molecule has 1 amide bonds. The van der Waals surface area contributed by atoms with E-state index in [1.54, 1.807) is 57.2 Å². The van der Waals surface area contributed by atoms with Crippen LogP contribution in [0.2, 0.25) is 0 Å². The maximum Gasteiger partial charge on any atom is 0.325 e. The molecule has 0 heterocycles. The SMILES string of the molecule is CCOC(=O)CN(C(=O)c1cccc(NS(=O)(=O)c2ccccc2)c1)C(C)C. The first-order chi connectivity index (χ1) is 13.2. The van der Waals surface area contributed by atoms with Gasteiger partial charge in [0.2, 0.25) is 0 Å². The highest BCUT2D eigenvalue weighted by molar-refractivity contribution is 7.92. The van der Waals surface area contributed by atoms with Crippen molar-refractivity contribution in [2.45, 2.75) is 31.7 Å². The van der Waals surface area contributed by atoms with Gasteiger partial charge in [-0.3, -0.25) is 14.3 Å². The highest BCUT2D eigenvalue weighted by atomic mass is 32.2. The predicted octanol–water partition coefficient (Wildman–Crippen LogP) is 2.90. The van der Waals surface area contributed by atoms with Crippen molar-refractivity contribution < 1.29 is 22.7 Å². The molecule has 0 spiro atoms. The Bertz CT molecular complexity index is 927. The van der Waals surface area contributed by atoms with Crippen molar-refractivity contribution in [3.63, 3.8) is 0 Å². The van der Waals surface area contributed by atoms with Gasteiger partial charge < -0.3 is 9.64 Å². The Hall–Kier alpha value is -2.87. The van der Waals surface area contributed by atoms with E-state index in [0.29, 0.717) is 0 Å². The molecule has 2 aromatic rings. The van der Waals surface area contributed by atoms with E-state index in [1.807, 2.05) is 0 Å². The van der Waals surface area contributed by atoms with Crippen LogP contribution >= 0.6 is 0 Å². The zero-order valence-electron chi connectivity index (χ0n) is 16.1. The van der Waals surface area contributed by atoms with Crippen LogP contribution in [0.1, 0.15) is 31.1 Å². The van der Waals surface area contributed by atoms with Gasteiger partial charge in [0.25, 0.3) is 15.9 Å². The van der Waals surface area contributed by atoms with E-state index in [9.17, 15) is 18.0 Å². The third-order valence-corrected chi connectivity index (χ3v) is 5.30. The van der Waals surface area contributed by atoms with Gasteiger partial charge in [0.05, 0.1) is 11.5 Å². The van der Waals surface area contributed by atoms with Crippen LogP contribution in [0.5, 0.6) is 0 Å². The third kappa shape index (κ3) is 5.56. The Balaban J connectivity index is 2.23. The summed E-state index contributed by atoms with van der Waals surface area (Å²) in [7, 11) is -3.77. The Morgan fingerprint density at radius 3 is 2.36 bits per heavy atom. The summed E-state index contributed by atoms with van der Waals surface area (Å²) in [6.07, 6.45) is 0. The van der Waals surface area contributed by atoms with Crippen molar-refractivity contribution in [2.24, 2.45) is 0 Å². The Kier molecular flexibility index (Phi) is 7.17. The van der Waals surface area contributed by atoms with Gasteiger partial charge in [-0.15, -0.1) is 0 Å². The van der Waals surface area contributed by atoms with Crippen molar-refractivity contribution in [1.82, 2.24) is 4.90 Å². The largest absolute Gasteiger partial charge is 0.465 e. The summed E-state index contributed by atoms with van der Waals surface area (Å²) >= 11 is 0. The molecule has 0 aliphatic carbocycles. The molecule has 0 saturated carbocycles. The molecule has 2 rings (SSSR count). The van der Waals surface area contributed by atoms with E-state index in [-0.39, 0.29) is 41.2 Å². The van der Waals surface area contributed by atoms with Gasteiger partial charge in [-0.1, -0.05) is 24.3 Å². The molecule has 0 atom stereocenters. The molecule has 2 aromatic carbocycles. The van der Waals surface area contributed by atoms with Crippen molar-refractivity contribution in [3.8, 4) is 0 Å². The van der Waals surface area contributed by atoms with Gasteiger partial charge in [0.1, 0.15) is 6.54 Å². The van der Waals surface area contributed by atoms with Gasteiger partial charge in [-0.25, -0.2) is 8.42 Å². The van der Waals surface area contributed by atoms with E-state index in [1.165, 1.54) is 23.1 Å². The molecule has 7 nitrogen and oxygen atoms in total. The van der Waals surface area contributed by atoms with Gasteiger partial charge in [-0.05, 0) is 51.1 Å². The number of ether oxygens (including phenoxy) is 1. The van der Waals surface area contributed by atoms with E-state index >= 15 is 0 Å². The quantitative estimate of drug-likeness (QED) is 0.683. The van der Waals surface area contributed by atoms with Crippen LogP contribution in [0.4, 0.5) is 5.69 Å². The molecule has 0 aliphatic heterocycles. The van der Waals surface area contributed by atoms with Crippen molar-refractivity contribution in [1.29, 1.82) is 0 Å². The zero-order valence-corrected chi connectivity index (χ0v) is 16.9. The van der Waals surface area contributed by atoms with Crippen LogP contribution in [-0.4, -0.2) is 44.4 Å². The fourth-order valence-electron chi connectivity index (χ4n) is 2.53. The zero-order chi connectivity index (χ0) is 20.7. The molecular formula is C20H24N2O5S. The van der Waals surface area contributed by atoms with Gasteiger partial charge in [0, 0.05) is 17.3 Å². The highest BCUT2D eigenvalue weighted by Gasteiger charge is 2.23. The fourth-order valence-corrected chi connectivity index (χ4v) is 3.60. The van der Waals surface area contributed by atoms with Crippen molar-refractivity contribution >= 4 is 27.6 Å². The summed E-state index contributed by atoms with van der Waals surface area (Å²) in [5.74, 6) is -0.880. The number of carbonyl (C=O) groups is 2. The number of nitrogens with zero attached hydrogens (tertiary/aromatic N) is 1. The van der Waals surface area contributed by atoms with Crippen LogP contribution in [0.3, 0.4) is 0 Å². The number of nitrogens with one attached hydrogen (secondary N) is 1. The lowest BCUT2D eigenvalue weighted by Crippen LogP contribution is -2.41. The number of amides is 1. The van der Waals surface area contributed by atoms with E-state index in [4.69, 9.17) is 4.74 Å². The third-order valence-electron chi connectivity index (χ3n) is 3.90. The number of sulfonamides is 1. The number of benzene rings is 2. The monoisotopic (exact) mass is 404 g/mol. The molecule has 1 N–H and O–H groups in total. The van der Waals surface area contributed by atoms with Crippen molar-refractivity contribution in [2.75, 3.05) is 17.9 Å². The summed E-state index contributed by atoms with van der Waals surface area (Å²) in [6, 6.07) is 13.9. The van der Waals surface area contributed by atoms with Crippen LogP contribution in [-0.2, 0) is 19.6 Å². The maximum absolute atomic E-state index is 12.9. The van der Waals surface area contributed by atoms with Gasteiger partial charge in [-0.2, -0.15) is 0 Å². The number of esters is 1. The van der Waals surface area contributed by atoms with Crippen LogP contribution in [0.15, 0.2) is 59.5 Å². The number of rotatable bonds is 8. The van der Waals surface area contributed by atoms with E-state index < -0.39 is 16.0 Å². The van der Waals surface area contributed by atoms with Gasteiger partial charge in [0.15, 0.2) is 0 Å². The molecule has 0 bridgehead atoms. The lowest BCUT2D eigenvalue weighted by atomic mass is 10.1. The minimum absolute atomic E-state index is 0.123. The first kappa shape index (κ1) is 21.4. The second-order valence-electron chi connectivity index (χ2n) is 6.33. The normalized spacial score (nSPS) is 11.1. The molecular weight excluding hydrogens is 380 g/mol. The second kappa shape index (κ2) is 9.36. The predicted molar refractivity (Wildman–Crippen MR) is 106 cm³/mol. The average molecular weight is 404 g/mol. The number of hydrogen-bond donors (Lipinski definition) is 1. The minimum Gasteiger partial charge on any atom is -0.465 e. The molecule has 150 valence electrons. The maximum atomic E-state index is 12.9. The van der Waals surface area contributed by atoms with Crippen LogP contribution in [0, 0.1) is 0 Å². The van der Waals surface area contributed by atoms with E-state index in [2.05, 4.69) is 4.72 Å². The summed E-state index contributed by atoms with van der Waals surface area (Å²) in [5.41, 5.74) is 0.529. The fraction of sp³-hybridized carbons (Fsp3) is 0.300. The number of anilines is 1. The molecule has 0 unspecified atom stereocenters. The summed E-state index contributed by atoms with van der Waals surface area (Å²) in [5, 5.41) is 0. The summed E-state index contributed by atoms with van der Waals surface area (Å²) in [6.45, 7) is 5.33. The minimum atomic E-state index is -3.77. The molecule has 0 aliphatic rings. The summed E-state index contributed by atoms with van der Waals surface area (Å²) in [4.78, 5) is 26.2. The molecule has 0 fully saturated rings. The Morgan fingerprint density at radius 2 is 1.75 bits per heavy atom. The molecule has 28 heavy (non-hydrogen) atoms. The number of carbonyl (C=O) groups excluding carboxylic acids is 2. The van der Waals surface area contributed by atoms with Crippen LogP contribution < -0.4 is 4.72 Å².